The lowest BCUT2D eigenvalue weighted by Crippen LogP contribution is -2.08. The molecule has 0 N–H and O–H groups in total. The van der Waals surface area contributed by atoms with Gasteiger partial charge in [-0.3, -0.25) is 0 Å². The van der Waals surface area contributed by atoms with Crippen molar-refractivity contribution in [2.45, 2.75) is 41.5 Å². The van der Waals surface area contributed by atoms with Crippen LogP contribution in [0.5, 0.6) is 0 Å². The highest BCUT2D eigenvalue weighted by Gasteiger charge is 2.16. The number of carbonyl (C=O) groups is 1. The first-order valence-corrected chi connectivity index (χ1v) is 7.73. The second kappa shape index (κ2) is 6.35. The van der Waals surface area contributed by atoms with Crippen molar-refractivity contribution in [3.05, 3.63) is 57.6 Å². The number of hydrogen-bond acceptors (Lipinski definition) is 2. The first-order valence-electron chi connectivity index (χ1n) is 7.73. The number of esters is 1. The van der Waals surface area contributed by atoms with Crippen LogP contribution in [0.1, 0.15) is 45.1 Å². The summed E-state index contributed by atoms with van der Waals surface area (Å²) in [6.45, 7) is 12.7. The van der Waals surface area contributed by atoms with Gasteiger partial charge in [-0.1, -0.05) is 18.2 Å². The molecular formula is C20H24O2. The van der Waals surface area contributed by atoms with Gasteiger partial charge < -0.3 is 4.74 Å². The quantitative estimate of drug-likeness (QED) is 0.739. The summed E-state index contributed by atoms with van der Waals surface area (Å²) in [6, 6.07) is 8.24. The van der Waals surface area contributed by atoms with Crippen molar-refractivity contribution in [1.29, 1.82) is 0 Å². The van der Waals surface area contributed by atoms with Gasteiger partial charge in [0.2, 0.25) is 0 Å². The third kappa shape index (κ3) is 2.78. The molecule has 0 saturated carbocycles. The highest BCUT2D eigenvalue weighted by molar-refractivity contribution is 5.93. The molecule has 0 aliphatic heterocycles. The maximum absolute atomic E-state index is 12.0. The fraction of sp³-hybridized carbons (Fsp3) is 0.350. The molecule has 0 fully saturated rings. The molecule has 0 radical (unpaired) electrons. The van der Waals surface area contributed by atoms with Crippen LogP contribution in [0.25, 0.3) is 11.1 Å². The molecule has 2 nitrogen and oxygen atoms in total. The zero-order valence-corrected chi connectivity index (χ0v) is 14.3. The van der Waals surface area contributed by atoms with E-state index in [4.69, 9.17) is 4.74 Å². The van der Waals surface area contributed by atoms with Gasteiger partial charge >= 0.3 is 5.97 Å². The standard InChI is InChI=1S/C20H24O2/c1-7-22-20(21)19-11-10-18(15(5)16(19)6)17-9-8-12(2)13(3)14(17)4/h8-11H,7H2,1-6H3. The molecule has 2 heteroatoms. The molecule has 2 aromatic rings. The van der Waals surface area contributed by atoms with Crippen molar-refractivity contribution >= 4 is 5.97 Å². The molecule has 0 saturated heterocycles. The summed E-state index contributed by atoms with van der Waals surface area (Å²) in [5.41, 5.74) is 9.13. The van der Waals surface area contributed by atoms with Gasteiger partial charge in [-0.05, 0) is 86.6 Å². The van der Waals surface area contributed by atoms with Crippen molar-refractivity contribution in [3.8, 4) is 11.1 Å². The van der Waals surface area contributed by atoms with E-state index in [1.807, 2.05) is 26.0 Å². The maximum atomic E-state index is 12.0. The lowest BCUT2D eigenvalue weighted by Gasteiger charge is -2.16. The second-order valence-electron chi connectivity index (χ2n) is 5.81. The zero-order valence-electron chi connectivity index (χ0n) is 14.3. The molecule has 0 aliphatic carbocycles. The monoisotopic (exact) mass is 296 g/mol. The van der Waals surface area contributed by atoms with Crippen LogP contribution >= 0.6 is 0 Å². The van der Waals surface area contributed by atoms with E-state index in [-0.39, 0.29) is 5.97 Å². The van der Waals surface area contributed by atoms with Crippen molar-refractivity contribution in [2.24, 2.45) is 0 Å². The molecule has 0 bridgehead atoms. The first-order chi connectivity index (χ1) is 10.4. The number of hydrogen-bond donors (Lipinski definition) is 0. The molecule has 0 unspecified atom stereocenters. The molecule has 2 aromatic carbocycles. The molecule has 0 aromatic heterocycles. The van der Waals surface area contributed by atoms with Crippen molar-refractivity contribution < 1.29 is 9.53 Å². The van der Waals surface area contributed by atoms with Crippen molar-refractivity contribution in [3.63, 3.8) is 0 Å². The normalized spacial score (nSPS) is 10.6. The number of ether oxygens (including phenoxy) is 1. The molecule has 0 aliphatic rings. The molecule has 22 heavy (non-hydrogen) atoms. The van der Waals surface area contributed by atoms with E-state index >= 15 is 0 Å². The van der Waals surface area contributed by atoms with E-state index in [1.54, 1.807) is 0 Å². The Kier molecular flexibility index (Phi) is 4.70. The Hall–Kier alpha value is -2.09. The minimum Gasteiger partial charge on any atom is -0.462 e. The minimum atomic E-state index is -0.244. The van der Waals surface area contributed by atoms with E-state index in [0.29, 0.717) is 12.2 Å². The predicted octanol–water partition coefficient (Wildman–Crippen LogP) is 5.07. The van der Waals surface area contributed by atoms with Crippen molar-refractivity contribution in [2.75, 3.05) is 6.61 Å². The highest BCUT2D eigenvalue weighted by Crippen LogP contribution is 2.32. The lowest BCUT2D eigenvalue weighted by atomic mass is 9.89. The topological polar surface area (TPSA) is 26.3 Å². The van der Waals surface area contributed by atoms with E-state index in [0.717, 1.165) is 11.1 Å². The van der Waals surface area contributed by atoms with Crippen LogP contribution in [0.4, 0.5) is 0 Å². The van der Waals surface area contributed by atoms with Crippen LogP contribution in [0.3, 0.4) is 0 Å². The summed E-state index contributed by atoms with van der Waals surface area (Å²) in [5, 5.41) is 0. The van der Waals surface area contributed by atoms with Gasteiger partial charge in [0.05, 0.1) is 12.2 Å². The van der Waals surface area contributed by atoms with Gasteiger partial charge in [-0.15, -0.1) is 0 Å². The molecule has 2 rings (SSSR count). The summed E-state index contributed by atoms with van der Waals surface area (Å²) in [7, 11) is 0. The number of carbonyl (C=O) groups excluding carboxylic acids is 1. The smallest absolute Gasteiger partial charge is 0.338 e. The third-order valence-corrected chi connectivity index (χ3v) is 4.63. The molecule has 0 amide bonds. The summed E-state index contributed by atoms with van der Waals surface area (Å²) < 4.78 is 5.13. The Balaban J connectivity index is 2.58. The molecule has 0 atom stereocenters. The highest BCUT2D eigenvalue weighted by atomic mass is 16.5. The average Bonchev–Trinajstić information content (AvgIpc) is 2.49. The Morgan fingerprint density at radius 3 is 1.95 bits per heavy atom. The van der Waals surface area contributed by atoms with Gasteiger partial charge in [0.25, 0.3) is 0 Å². The van der Waals surface area contributed by atoms with Gasteiger partial charge in [0, 0.05) is 0 Å². The largest absolute Gasteiger partial charge is 0.462 e. The number of benzene rings is 2. The van der Waals surface area contributed by atoms with Gasteiger partial charge in [0.1, 0.15) is 0 Å². The first kappa shape index (κ1) is 16.3. The average molecular weight is 296 g/mol. The number of rotatable bonds is 3. The van der Waals surface area contributed by atoms with Gasteiger partial charge in [0.15, 0.2) is 0 Å². The van der Waals surface area contributed by atoms with E-state index in [2.05, 4.69) is 39.8 Å². The summed E-state index contributed by atoms with van der Waals surface area (Å²) in [4.78, 5) is 12.0. The fourth-order valence-corrected chi connectivity index (χ4v) is 2.79. The van der Waals surface area contributed by atoms with Crippen LogP contribution in [-0.2, 0) is 4.74 Å². The fourth-order valence-electron chi connectivity index (χ4n) is 2.79. The molecule has 116 valence electrons. The Bertz CT molecular complexity index is 727. The molecule has 0 spiro atoms. The van der Waals surface area contributed by atoms with Crippen LogP contribution in [0, 0.1) is 34.6 Å². The molecule has 0 heterocycles. The van der Waals surface area contributed by atoms with Crippen molar-refractivity contribution in [1.82, 2.24) is 0 Å². The lowest BCUT2D eigenvalue weighted by molar-refractivity contribution is 0.0525. The Morgan fingerprint density at radius 1 is 0.818 bits per heavy atom. The van der Waals surface area contributed by atoms with E-state index in [9.17, 15) is 4.79 Å². The summed E-state index contributed by atoms with van der Waals surface area (Å²) in [5.74, 6) is -0.244. The van der Waals surface area contributed by atoms with Gasteiger partial charge in [-0.25, -0.2) is 4.79 Å². The predicted molar refractivity (Wildman–Crippen MR) is 91.5 cm³/mol. The van der Waals surface area contributed by atoms with Crippen LogP contribution in [0.15, 0.2) is 24.3 Å². The van der Waals surface area contributed by atoms with Crippen LogP contribution < -0.4 is 0 Å². The van der Waals surface area contributed by atoms with E-state index < -0.39 is 0 Å². The van der Waals surface area contributed by atoms with Crippen LogP contribution in [0.2, 0.25) is 0 Å². The van der Waals surface area contributed by atoms with Crippen LogP contribution in [-0.4, -0.2) is 12.6 Å². The van der Waals surface area contributed by atoms with E-state index in [1.165, 1.54) is 27.8 Å². The Morgan fingerprint density at radius 2 is 1.36 bits per heavy atom. The molecular weight excluding hydrogens is 272 g/mol. The maximum Gasteiger partial charge on any atom is 0.338 e. The zero-order chi connectivity index (χ0) is 16.4. The minimum absolute atomic E-state index is 0.244. The van der Waals surface area contributed by atoms with Gasteiger partial charge in [-0.2, -0.15) is 0 Å². The number of aryl methyl sites for hydroxylation is 1. The summed E-state index contributed by atoms with van der Waals surface area (Å²) >= 11 is 0. The SMILES string of the molecule is CCOC(=O)c1ccc(-c2ccc(C)c(C)c2C)c(C)c1C. The summed E-state index contributed by atoms with van der Waals surface area (Å²) in [6.07, 6.45) is 0. The third-order valence-electron chi connectivity index (χ3n) is 4.63. The second-order valence-corrected chi connectivity index (χ2v) is 5.81. The Labute approximate surface area is 133 Å².